The first-order valence-corrected chi connectivity index (χ1v) is 6.68. The fourth-order valence-corrected chi connectivity index (χ4v) is 3.46. The van der Waals surface area contributed by atoms with E-state index in [1.54, 1.807) is 11.3 Å². The molecule has 1 saturated carbocycles. The van der Waals surface area contributed by atoms with E-state index < -0.39 is 0 Å². The van der Waals surface area contributed by atoms with Crippen molar-refractivity contribution in [2.45, 2.75) is 36.9 Å². The van der Waals surface area contributed by atoms with Crippen LogP contribution in [0, 0.1) is 5.92 Å². The minimum atomic E-state index is 0.727. The molecule has 0 radical (unpaired) electrons. The fraction of sp³-hybridized carbons (Fsp3) is 0.700. The summed E-state index contributed by atoms with van der Waals surface area (Å²) in [5.74, 6) is 0.819. The van der Waals surface area contributed by atoms with E-state index in [4.69, 9.17) is 0 Å². The molecular weight excluding hydrogens is 246 g/mol. The maximum Gasteiger partial charge on any atom is 0.0927 e. The Morgan fingerprint density at radius 1 is 1.46 bits per heavy atom. The third kappa shape index (κ3) is 2.53. The van der Waals surface area contributed by atoms with Gasteiger partial charge in [0.25, 0.3) is 0 Å². The van der Waals surface area contributed by atoms with Crippen LogP contribution in [0.25, 0.3) is 0 Å². The summed E-state index contributed by atoms with van der Waals surface area (Å²) in [7, 11) is 0. The Bertz CT molecular complexity index is 247. The summed E-state index contributed by atoms with van der Waals surface area (Å²) in [4.78, 5) is 5.07. The van der Waals surface area contributed by atoms with Crippen molar-refractivity contribution in [2.24, 2.45) is 5.92 Å². The van der Waals surface area contributed by atoms with Crippen molar-refractivity contribution in [1.82, 2.24) is 4.98 Å². The Kier molecular flexibility index (Phi) is 3.39. The second kappa shape index (κ2) is 4.56. The van der Waals surface area contributed by atoms with E-state index in [0.717, 1.165) is 10.7 Å². The van der Waals surface area contributed by atoms with Crippen LogP contribution in [0.4, 0.5) is 0 Å². The van der Waals surface area contributed by atoms with Gasteiger partial charge in [-0.1, -0.05) is 28.8 Å². The van der Waals surface area contributed by atoms with Crippen LogP contribution >= 0.6 is 27.3 Å². The molecule has 1 aromatic rings. The lowest BCUT2D eigenvalue weighted by molar-refractivity contribution is 0.373. The van der Waals surface area contributed by atoms with Gasteiger partial charge in [0.1, 0.15) is 0 Å². The zero-order valence-electron chi connectivity index (χ0n) is 7.58. The maximum atomic E-state index is 4.34. The van der Waals surface area contributed by atoms with Crippen LogP contribution in [0.1, 0.15) is 30.7 Å². The minimum Gasteiger partial charge on any atom is -0.250 e. The summed E-state index contributed by atoms with van der Waals surface area (Å²) in [5.41, 5.74) is 0. The van der Waals surface area contributed by atoms with Crippen molar-refractivity contribution >= 4 is 27.3 Å². The summed E-state index contributed by atoms with van der Waals surface area (Å²) in [6.45, 7) is 0. The van der Waals surface area contributed by atoms with E-state index in [9.17, 15) is 0 Å². The molecule has 1 aliphatic rings. The normalized spacial score (nSPS) is 29.0. The van der Waals surface area contributed by atoms with Crippen molar-refractivity contribution in [3.8, 4) is 0 Å². The van der Waals surface area contributed by atoms with Gasteiger partial charge in [-0.15, -0.1) is 11.3 Å². The second-order valence-corrected chi connectivity index (χ2v) is 5.85. The quantitative estimate of drug-likeness (QED) is 0.740. The summed E-state index contributed by atoms with van der Waals surface area (Å²) in [5, 5.41) is 3.37. The topological polar surface area (TPSA) is 12.9 Å². The molecule has 13 heavy (non-hydrogen) atoms. The fourth-order valence-electron chi connectivity index (χ4n) is 1.97. The molecule has 1 aromatic heterocycles. The highest BCUT2D eigenvalue weighted by atomic mass is 79.9. The lowest BCUT2D eigenvalue weighted by Gasteiger charge is -2.26. The van der Waals surface area contributed by atoms with Gasteiger partial charge in [-0.3, -0.25) is 0 Å². The Hall–Kier alpha value is 0.110. The highest BCUT2D eigenvalue weighted by molar-refractivity contribution is 9.09. The minimum absolute atomic E-state index is 0.727. The van der Waals surface area contributed by atoms with Crippen LogP contribution in [0.3, 0.4) is 0 Å². The smallest absolute Gasteiger partial charge is 0.0927 e. The average molecular weight is 260 g/mol. The van der Waals surface area contributed by atoms with Crippen molar-refractivity contribution in [1.29, 1.82) is 0 Å². The predicted octanol–water partition coefficient (Wildman–Crippen LogP) is 3.64. The van der Waals surface area contributed by atoms with Crippen LogP contribution in [0.15, 0.2) is 11.6 Å². The van der Waals surface area contributed by atoms with Crippen LogP contribution < -0.4 is 0 Å². The molecule has 1 fully saturated rings. The molecule has 1 nitrogen and oxygen atoms in total. The number of alkyl halides is 1. The van der Waals surface area contributed by atoms with Crippen molar-refractivity contribution in [3.63, 3.8) is 0 Å². The van der Waals surface area contributed by atoms with E-state index in [-0.39, 0.29) is 0 Å². The molecule has 3 heteroatoms. The van der Waals surface area contributed by atoms with E-state index in [1.807, 2.05) is 6.20 Å². The van der Waals surface area contributed by atoms with E-state index >= 15 is 0 Å². The first-order chi connectivity index (χ1) is 6.36. The molecule has 0 aromatic carbocycles. The summed E-state index contributed by atoms with van der Waals surface area (Å²) >= 11 is 5.56. The number of aromatic nitrogens is 1. The first kappa shape index (κ1) is 9.66. The van der Waals surface area contributed by atoms with Gasteiger partial charge in [0.15, 0.2) is 0 Å². The highest BCUT2D eigenvalue weighted by Gasteiger charge is 2.23. The molecule has 0 N–H and O–H groups in total. The molecular formula is C10H14BrNS. The highest BCUT2D eigenvalue weighted by Crippen LogP contribution is 2.32. The maximum absolute atomic E-state index is 4.34. The summed E-state index contributed by atoms with van der Waals surface area (Å²) < 4.78 is 0. The first-order valence-electron chi connectivity index (χ1n) is 4.88. The Labute approximate surface area is 91.7 Å². The lowest BCUT2D eigenvalue weighted by atomic mass is 9.87. The molecule has 0 bridgehead atoms. The Balaban J connectivity index is 1.93. The van der Waals surface area contributed by atoms with Crippen LogP contribution in [0.5, 0.6) is 0 Å². The van der Waals surface area contributed by atoms with Crippen molar-refractivity contribution < 1.29 is 0 Å². The number of nitrogens with zero attached hydrogens (tertiary/aromatic N) is 1. The molecule has 0 amide bonds. The van der Waals surface area contributed by atoms with Crippen molar-refractivity contribution in [3.05, 3.63) is 16.6 Å². The molecule has 0 spiro atoms. The standard InChI is InChI=1S/C10H14BrNS/c11-9-4-2-1-3-8(9)7-10-12-5-6-13-10/h5-6,8-9H,1-4,7H2. The van der Waals surface area contributed by atoms with Gasteiger partial charge in [-0.25, -0.2) is 4.98 Å². The largest absolute Gasteiger partial charge is 0.250 e. The predicted molar refractivity (Wildman–Crippen MR) is 60.5 cm³/mol. The Morgan fingerprint density at radius 3 is 3.00 bits per heavy atom. The zero-order chi connectivity index (χ0) is 9.10. The molecule has 1 heterocycles. The van der Waals surface area contributed by atoms with Gasteiger partial charge < -0.3 is 0 Å². The molecule has 2 rings (SSSR count). The zero-order valence-corrected chi connectivity index (χ0v) is 9.98. The SMILES string of the molecule is BrC1CCCCC1Cc1nccs1. The molecule has 0 saturated heterocycles. The molecule has 0 aliphatic heterocycles. The average Bonchev–Trinajstić information content (AvgIpc) is 2.61. The van der Waals surface area contributed by atoms with Crippen LogP contribution in [0.2, 0.25) is 0 Å². The molecule has 2 atom stereocenters. The monoisotopic (exact) mass is 259 g/mol. The number of hydrogen-bond acceptors (Lipinski definition) is 2. The van der Waals surface area contributed by atoms with E-state index in [2.05, 4.69) is 26.3 Å². The van der Waals surface area contributed by atoms with Crippen LogP contribution in [-0.2, 0) is 6.42 Å². The number of thiazole rings is 1. The number of halogens is 1. The summed E-state index contributed by atoms with van der Waals surface area (Å²) in [6, 6.07) is 0. The van der Waals surface area contributed by atoms with Gasteiger partial charge in [-0.05, 0) is 18.8 Å². The van der Waals surface area contributed by atoms with Gasteiger partial charge in [0, 0.05) is 22.8 Å². The van der Waals surface area contributed by atoms with Crippen molar-refractivity contribution in [2.75, 3.05) is 0 Å². The molecule has 72 valence electrons. The van der Waals surface area contributed by atoms with Gasteiger partial charge >= 0.3 is 0 Å². The third-order valence-corrected chi connectivity index (χ3v) is 4.74. The van der Waals surface area contributed by atoms with E-state index in [0.29, 0.717) is 0 Å². The molecule has 2 unspecified atom stereocenters. The van der Waals surface area contributed by atoms with Gasteiger partial charge in [-0.2, -0.15) is 0 Å². The number of rotatable bonds is 2. The van der Waals surface area contributed by atoms with Gasteiger partial charge in [0.05, 0.1) is 5.01 Å². The van der Waals surface area contributed by atoms with Gasteiger partial charge in [0.2, 0.25) is 0 Å². The second-order valence-electron chi connectivity index (χ2n) is 3.69. The molecule has 1 aliphatic carbocycles. The Morgan fingerprint density at radius 2 is 2.31 bits per heavy atom. The number of hydrogen-bond donors (Lipinski definition) is 0. The van der Waals surface area contributed by atoms with E-state index in [1.165, 1.54) is 37.1 Å². The summed E-state index contributed by atoms with van der Waals surface area (Å²) in [6.07, 6.45) is 8.59. The third-order valence-electron chi connectivity index (χ3n) is 2.74. The lowest BCUT2D eigenvalue weighted by Crippen LogP contribution is -2.21. The van der Waals surface area contributed by atoms with Crippen LogP contribution in [-0.4, -0.2) is 9.81 Å².